The largest absolute Gasteiger partial charge is 0.466 e. The van der Waals surface area contributed by atoms with Crippen LogP contribution in [0.1, 0.15) is 51.2 Å². The van der Waals surface area contributed by atoms with Crippen LogP contribution in [-0.4, -0.2) is 6.54 Å². The molecule has 1 N–H and O–H groups in total. The zero-order chi connectivity index (χ0) is 11.4. The zero-order valence-corrected chi connectivity index (χ0v) is 11.5. The van der Waals surface area contributed by atoms with Crippen LogP contribution >= 0.6 is 15.9 Å². The quantitative estimate of drug-likeness (QED) is 0.900. The summed E-state index contributed by atoms with van der Waals surface area (Å²) in [4.78, 5) is 0. The highest BCUT2D eigenvalue weighted by molar-refractivity contribution is 9.10. The van der Waals surface area contributed by atoms with Gasteiger partial charge in [0.05, 0.1) is 16.3 Å². The second-order valence-corrected chi connectivity index (χ2v) is 5.52. The van der Waals surface area contributed by atoms with Crippen molar-refractivity contribution in [2.75, 3.05) is 6.54 Å². The Morgan fingerprint density at radius 2 is 2.31 bits per heavy atom. The molecule has 1 unspecified atom stereocenters. The molecule has 0 aliphatic carbocycles. The summed E-state index contributed by atoms with van der Waals surface area (Å²) < 4.78 is 6.81. The highest BCUT2D eigenvalue weighted by Gasteiger charge is 2.36. The fourth-order valence-electron chi connectivity index (χ4n) is 2.73. The highest BCUT2D eigenvalue weighted by Crippen LogP contribution is 2.38. The van der Waals surface area contributed by atoms with Gasteiger partial charge < -0.3 is 9.73 Å². The molecule has 0 saturated carbocycles. The summed E-state index contributed by atoms with van der Waals surface area (Å²) in [6.45, 7) is 3.35. The van der Waals surface area contributed by atoms with Crippen LogP contribution in [0.15, 0.2) is 21.2 Å². The van der Waals surface area contributed by atoms with E-state index in [1.54, 1.807) is 6.26 Å². The molecule has 1 fully saturated rings. The molecule has 0 spiro atoms. The van der Waals surface area contributed by atoms with Crippen LogP contribution in [0.4, 0.5) is 0 Å². The molecule has 2 heterocycles. The van der Waals surface area contributed by atoms with E-state index in [1.165, 1.54) is 32.1 Å². The summed E-state index contributed by atoms with van der Waals surface area (Å²) in [6, 6.07) is 2.00. The first-order valence-electron chi connectivity index (χ1n) is 6.27. The third-order valence-corrected chi connectivity index (χ3v) is 4.10. The second kappa shape index (κ2) is 5.37. The van der Waals surface area contributed by atoms with Gasteiger partial charge in [-0.25, -0.2) is 0 Å². The number of hydrogen-bond donors (Lipinski definition) is 1. The van der Waals surface area contributed by atoms with E-state index in [9.17, 15) is 0 Å². The predicted octanol–water partition coefficient (Wildman–Crippen LogP) is 4.20. The lowest BCUT2D eigenvalue weighted by atomic mass is 9.86. The van der Waals surface area contributed by atoms with E-state index in [2.05, 4.69) is 28.2 Å². The van der Waals surface area contributed by atoms with Crippen LogP contribution in [-0.2, 0) is 5.54 Å². The van der Waals surface area contributed by atoms with Crippen molar-refractivity contribution in [3.05, 3.63) is 22.6 Å². The zero-order valence-electron chi connectivity index (χ0n) is 9.89. The maximum Gasteiger partial charge on any atom is 0.137 e. The van der Waals surface area contributed by atoms with E-state index in [1.807, 2.05) is 6.07 Å². The number of rotatable bonds is 3. The van der Waals surface area contributed by atoms with Crippen molar-refractivity contribution in [2.24, 2.45) is 0 Å². The average molecular weight is 286 g/mol. The second-order valence-electron chi connectivity index (χ2n) is 4.67. The minimum atomic E-state index is 0.0631. The molecule has 16 heavy (non-hydrogen) atoms. The molecule has 1 aromatic rings. The Balaban J connectivity index is 2.29. The standard InChI is InChI=1S/C13H20BrNO/c1-2-7-13(8-4-3-5-9-15-13)12-11(14)6-10-16-12/h6,10,15H,2-5,7-9H2,1H3. The molecule has 2 rings (SSSR count). The molecular weight excluding hydrogens is 266 g/mol. The van der Waals surface area contributed by atoms with Gasteiger partial charge in [-0.2, -0.15) is 0 Å². The molecule has 0 amide bonds. The lowest BCUT2D eigenvalue weighted by Gasteiger charge is -2.32. The van der Waals surface area contributed by atoms with Gasteiger partial charge in [-0.1, -0.05) is 26.2 Å². The molecule has 90 valence electrons. The minimum Gasteiger partial charge on any atom is -0.466 e. The van der Waals surface area contributed by atoms with E-state index in [4.69, 9.17) is 4.42 Å². The predicted molar refractivity (Wildman–Crippen MR) is 69.5 cm³/mol. The van der Waals surface area contributed by atoms with Gasteiger partial charge in [0.15, 0.2) is 0 Å². The van der Waals surface area contributed by atoms with E-state index in [0.717, 1.165) is 23.2 Å². The van der Waals surface area contributed by atoms with Gasteiger partial charge in [0, 0.05) is 0 Å². The summed E-state index contributed by atoms with van der Waals surface area (Å²) in [6.07, 6.45) is 9.20. The molecule has 0 aromatic carbocycles. The number of nitrogens with one attached hydrogen (secondary N) is 1. The first-order valence-corrected chi connectivity index (χ1v) is 7.06. The first-order chi connectivity index (χ1) is 7.78. The van der Waals surface area contributed by atoms with Crippen LogP contribution in [0.25, 0.3) is 0 Å². The van der Waals surface area contributed by atoms with Gasteiger partial charge in [-0.3, -0.25) is 0 Å². The molecule has 0 radical (unpaired) electrons. The van der Waals surface area contributed by atoms with Gasteiger partial charge in [0.25, 0.3) is 0 Å². The van der Waals surface area contributed by atoms with Crippen molar-refractivity contribution >= 4 is 15.9 Å². The minimum absolute atomic E-state index is 0.0631. The summed E-state index contributed by atoms with van der Waals surface area (Å²) in [5.41, 5.74) is 0.0631. The van der Waals surface area contributed by atoms with Gasteiger partial charge >= 0.3 is 0 Å². The van der Waals surface area contributed by atoms with Crippen LogP contribution < -0.4 is 5.32 Å². The lowest BCUT2D eigenvalue weighted by Crippen LogP contribution is -2.41. The Bertz CT molecular complexity index is 326. The Labute approximate surface area is 106 Å². The summed E-state index contributed by atoms with van der Waals surface area (Å²) >= 11 is 3.60. The van der Waals surface area contributed by atoms with Crippen molar-refractivity contribution in [2.45, 2.75) is 51.0 Å². The van der Waals surface area contributed by atoms with Crippen LogP contribution in [0, 0.1) is 0 Å². The SMILES string of the molecule is CCCC1(c2occc2Br)CCCCCN1. The first kappa shape index (κ1) is 12.2. The third kappa shape index (κ3) is 2.35. The van der Waals surface area contributed by atoms with Crippen molar-refractivity contribution < 1.29 is 4.42 Å². The number of furan rings is 1. The molecule has 3 heteroatoms. The Kier molecular flexibility index (Phi) is 4.09. The van der Waals surface area contributed by atoms with Crippen LogP contribution in [0.2, 0.25) is 0 Å². The monoisotopic (exact) mass is 285 g/mol. The fraction of sp³-hybridized carbons (Fsp3) is 0.692. The van der Waals surface area contributed by atoms with Crippen LogP contribution in [0.3, 0.4) is 0 Å². The van der Waals surface area contributed by atoms with Crippen molar-refractivity contribution in [1.29, 1.82) is 0 Å². The molecule has 1 atom stereocenters. The van der Waals surface area contributed by atoms with Gasteiger partial charge in [0.1, 0.15) is 5.76 Å². The Morgan fingerprint density at radius 3 is 3.00 bits per heavy atom. The lowest BCUT2D eigenvalue weighted by molar-refractivity contribution is 0.240. The maximum absolute atomic E-state index is 5.71. The molecule has 0 bridgehead atoms. The van der Waals surface area contributed by atoms with Gasteiger partial charge in [-0.15, -0.1) is 0 Å². The van der Waals surface area contributed by atoms with Crippen molar-refractivity contribution in [1.82, 2.24) is 5.32 Å². The van der Waals surface area contributed by atoms with E-state index < -0.39 is 0 Å². The topological polar surface area (TPSA) is 25.2 Å². The summed E-state index contributed by atoms with van der Waals surface area (Å²) in [5, 5.41) is 3.72. The average Bonchev–Trinajstić information content (AvgIpc) is 2.57. The highest BCUT2D eigenvalue weighted by atomic mass is 79.9. The van der Waals surface area contributed by atoms with Crippen molar-refractivity contribution in [3.8, 4) is 0 Å². The molecule has 1 aromatic heterocycles. The van der Waals surface area contributed by atoms with Gasteiger partial charge in [-0.05, 0) is 47.8 Å². The van der Waals surface area contributed by atoms with E-state index in [0.29, 0.717) is 0 Å². The fourth-order valence-corrected chi connectivity index (χ4v) is 3.31. The van der Waals surface area contributed by atoms with E-state index >= 15 is 0 Å². The molecule has 1 aliphatic rings. The molecule has 1 aliphatic heterocycles. The van der Waals surface area contributed by atoms with Gasteiger partial charge in [0.2, 0.25) is 0 Å². The summed E-state index contributed by atoms with van der Waals surface area (Å²) in [7, 11) is 0. The number of hydrogen-bond acceptors (Lipinski definition) is 2. The number of halogens is 1. The third-order valence-electron chi connectivity index (χ3n) is 3.47. The maximum atomic E-state index is 5.71. The normalized spacial score (nSPS) is 26.6. The molecular formula is C13H20BrNO. The van der Waals surface area contributed by atoms with E-state index in [-0.39, 0.29) is 5.54 Å². The summed E-state index contributed by atoms with van der Waals surface area (Å²) in [5.74, 6) is 1.09. The van der Waals surface area contributed by atoms with Crippen LogP contribution in [0.5, 0.6) is 0 Å². The van der Waals surface area contributed by atoms with Crippen molar-refractivity contribution in [3.63, 3.8) is 0 Å². The smallest absolute Gasteiger partial charge is 0.137 e. The Morgan fingerprint density at radius 1 is 1.44 bits per heavy atom. The Hall–Kier alpha value is -0.280. The molecule has 1 saturated heterocycles. The molecule has 2 nitrogen and oxygen atoms in total.